The van der Waals surface area contributed by atoms with E-state index in [0.717, 1.165) is 29.5 Å². The van der Waals surface area contributed by atoms with Gasteiger partial charge in [-0.15, -0.1) is 0 Å². The minimum absolute atomic E-state index is 0.300. The van der Waals surface area contributed by atoms with Crippen LogP contribution >= 0.6 is 0 Å². The van der Waals surface area contributed by atoms with Crippen LogP contribution in [-0.2, 0) is 6.42 Å². The van der Waals surface area contributed by atoms with Crippen LogP contribution in [0.3, 0.4) is 0 Å². The Hall–Kier alpha value is -3.41. The van der Waals surface area contributed by atoms with Crippen LogP contribution in [0.5, 0.6) is 0 Å². The number of nitrogens with zero attached hydrogens (tertiary/aromatic N) is 1. The molecule has 0 fully saturated rings. The van der Waals surface area contributed by atoms with E-state index in [0.29, 0.717) is 24.0 Å². The molecule has 0 atom stereocenters. The standard InChI is InChI=1S/C13H15NO.C8H5NO2.CH3F/c1-4-6-7-12-8-11(5-2)13(9-15)14-10(12)3;10-7-5-3-1-2-4-6(5)8(11)9-7;1-2/h4,6-9H,1,5H2,2-3H3;1-4H,(H,9,10,11);1H3/b7-6-;;. The van der Waals surface area contributed by atoms with Gasteiger partial charge in [0.2, 0.25) is 0 Å². The fraction of sp³-hybridized carbons (Fsp3) is 0.182. The summed E-state index contributed by atoms with van der Waals surface area (Å²) in [7, 11) is 0.500. The van der Waals surface area contributed by atoms with E-state index in [9.17, 15) is 18.8 Å². The average molecular weight is 382 g/mol. The number of aldehydes is 1. The van der Waals surface area contributed by atoms with Gasteiger partial charge < -0.3 is 0 Å². The number of pyridine rings is 1. The molecule has 1 aromatic heterocycles. The molecule has 2 heterocycles. The number of amides is 2. The molecule has 2 aromatic rings. The normalized spacial score (nSPS) is 11.6. The zero-order valence-corrected chi connectivity index (χ0v) is 16.2. The fourth-order valence-electron chi connectivity index (χ4n) is 2.53. The third-order valence-electron chi connectivity index (χ3n) is 3.91. The highest BCUT2D eigenvalue weighted by molar-refractivity contribution is 6.21. The van der Waals surface area contributed by atoms with Crippen LogP contribution in [0.15, 0.2) is 49.1 Å². The lowest BCUT2D eigenvalue weighted by molar-refractivity contribution is 0.0879. The van der Waals surface area contributed by atoms with Crippen LogP contribution in [0.25, 0.3) is 6.08 Å². The summed E-state index contributed by atoms with van der Waals surface area (Å²) < 4.78 is 9.50. The van der Waals surface area contributed by atoms with Gasteiger partial charge in [-0.3, -0.25) is 24.1 Å². The number of halogens is 1. The molecular weight excluding hydrogens is 359 g/mol. The zero-order chi connectivity index (χ0) is 21.1. The quantitative estimate of drug-likeness (QED) is 0.490. The number of imide groups is 1. The van der Waals surface area contributed by atoms with Gasteiger partial charge in [-0.2, -0.15) is 0 Å². The van der Waals surface area contributed by atoms with Crippen LogP contribution in [-0.4, -0.2) is 30.3 Å². The molecule has 0 bridgehead atoms. The van der Waals surface area contributed by atoms with Gasteiger partial charge in [0.25, 0.3) is 11.8 Å². The van der Waals surface area contributed by atoms with Gasteiger partial charge in [-0.05, 0) is 42.7 Å². The Labute approximate surface area is 164 Å². The Morgan fingerprint density at radius 3 is 2.18 bits per heavy atom. The van der Waals surface area contributed by atoms with Crippen molar-refractivity contribution in [2.45, 2.75) is 20.3 Å². The molecule has 0 unspecified atom stereocenters. The Kier molecular flexibility index (Phi) is 9.16. The number of rotatable bonds is 4. The summed E-state index contributed by atoms with van der Waals surface area (Å²) >= 11 is 0. The summed E-state index contributed by atoms with van der Waals surface area (Å²) in [6, 6.07) is 8.74. The van der Waals surface area contributed by atoms with Crippen molar-refractivity contribution in [2.75, 3.05) is 7.18 Å². The predicted molar refractivity (Wildman–Crippen MR) is 108 cm³/mol. The third kappa shape index (κ3) is 5.54. The Morgan fingerprint density at radius 2 is 1.71 bits per heavy atom. The Balaban J connectivity index is 0.000000266. The van der Waals surface area contributed by atoms with Crippen LogP contribution in [0.4, 0.5) is 4.39 Å². The lowest BCUT2D eigenvalue weighted by atomic mass is 10.1. The first-order valence-corrected chi connectivity index (χ1v) is 8.59. The first-order valence-electron chi connectivity index (χ1n) is 8.59. The molecule has 146 valence electrons. The number of aromatic nitrogens is 1. The van der Waals surface area contributed by atoms with Crippen LogP contribution in [0, 0.1) is 6.92 Å². The number of carbonyl (C=O) groups excluding carboxylic acids is 3. The van der Waals surface area contributed by atoms with Gasteiger partial charge in [0.15, 0.2) is 6.29 Å². The number of alkyl halides is 1. The monoisotopic (exact) mass is 382 g/mol. The highest BCUT2D eigenvalue weighted by atomic mass is 19.1. The molecule has 0 spiro atoms. The van der Waals surface area contributed by atoms with Crippen molar-refractivity contribution < 1.29 is 18.8 Å². The largest absolute Gasteiger partial charge is 0.296 e. The van der Waals surface area contributed by atoms with Crippen molar-refractivity contribution in [1.29, 1.82) is 0 Å². The average Bonchev–Trinajstić information content (AvgIpc) is 3.03. The number of aryl methyl sites for hydroxylation is 2. The maximum Gasteiger partial charge on any atom is 0.258 e. The minimum atomic E-state index is -0.300. The van der Waals surface area contributed by atoms with Gasteiger partial charge in [-0.25, -0.2) is 4.98 Å². The van der Waals surface area contributed by atoms with Crippen LogP contribution in [0.2, 0.25) is 0 Å². The van der Waals surface area contributed by atoms with E-state index in [1.54, 1.807) is 30.3 Å². The molecule has 0 radical (unpaired) electrons. The number of carbonyl (C=O) groups is 3. The van der Waals surface area contributed by atoms with Crippen LogP contribution < -0.4 is 5.32 Å². The summed E-state index contributed by atoms with van der Waals surface area (Å²) in [6.45, 7) is 7.53. The highest BCUT2D eigenvalue weighted by Crippen LogP contribution is 2.14. The van der Waals surface area contributed by atoms with E-state index in [1.807, 2.05) is 32.1 Å². The molecule has 1 aliphatic heterocycles. The van der Waals surface area contributed by atoms with Crippen molar-refractivity contribution in [3.05, 3.63) is 82.7 Å². The lowest BCUT2D eigenvalue weighted by Crippen LogP contribution is -2.19. The predicted octanol–water partition coefficient (Wildman–Crippen LogP) is 4.12. The van der Waals surface area contributed by atoms with E-state index < -0.39 is 0 Å². The van der Waals surface area contributed by atoms with Crippen molar-refractivity contribution in [3.8, 4) is 0 Å². The molecule has 0 saturated carbocycles. The number of hydrogen-bond donors (Lipinski definition) is 1. The SMILES string of the molecule is C=C/C=C\c1cc(CC)c(C=O)nc1C.CF.O=C1NC(=O)c2ccccc21. The zero-order valence-electron chi connectivity index (χ0n) is 16.2. The van der Waals surface area contributed by atoms with Gasteiger partial charge in [0.05, 0.1) is 18.3 Å². The fourth-order valence-corrected chi connectivity index (χ4v) is 2.53. The molecule has 28 heavy (non-hydrogen) atoms. The van der Waals surface area contributed by atoms with Crippen molar-refractivity contribution in [1.82, 2.24) is 10.3 Å². The van der Waals surface area contributed by atoms with E-state index in [-0.39, 0.29) is 11.8 Å². The summed E-state index contributed by atoms with van der Waals surface area (Å²) in [5.41, 5.74) is 4.38. The number of fused-ring (bicyclic) bond motifs is 1. The van der Waals surface area contributed by atoms with Crippen molar-refractivity contribution in [2.24, 2.45) is 0 Å². The molecule has 3 rings (SSSR count). The molecule has 1 aliphatic rings. The second-order valence-electron chi connectivity index (χ2n) is 5.60. The highest BCUT2D eigenvalue weighted by Gasteiger charge is 2.25. The maximum atomic E-state index is 10.9. The number of allylic oxidation sites excluding steroid dienone is 2. The third-order valence-corrected chi connectivity index (χ3v) is 3.91. The van der Waals surface area contributed by atoms with Gasteiger partial charge in [-0.1, -0.05) is 43.9 Å². The Morgan fingerprint density at radius 1 is 1.14 bits per heavy atom. The molecular formula is C22H23FN2O3. The first-order chi connectivity index (χ1) is 13.5. The Bertz CT molecular complexity index is 872. The van der Waals surface area contributed by atoms with Gasteiger partial charge in [0, 0.05) is 5.69 Å². The molecule has 2 amide bonds. The van der Waals surface area contributed by atoms with E-state index in [2.05, 4.69) is 16.9 Å². The summed E-state index contributed by atoms with van der Waals surface area (Å²) in [4.78, 5) is 36.9. The van der Waals surface area contributed by atoms with E-state index in [1.165, 1.54) is 0 Å². The van der Waals surface area contributed by atoms with Gasteiger partial charge in [0.1, 0.15) is 5.69 Å². The minimum Gasteiger partial charge on any atom is -0.296 e. The second kappa shape index (κ2) is 11.3. The smallest absolute Gasteiger partial charge is 0.258 e. The lowest BCUT2D eigenvalue weighted by Gasteiger charge is -2.05. The molecule has 0 saturated heterocycles. The van der Waals surface area contributed by atoms with Gasteiger partial charge >= 0.3 is 0 Å². The molecule has 0 aliphatic carbocycles. The molecule has 1 N–H and O–H groups in total. The first kappa shape index (κ1) is 22.6. The second-order valence-corrected chi connectivity index (χ2v) is 5.60. The van der Waals surface area contributed by atoms with Crippen molar-refractivity contribution >= 4 is 24.2 Å². The van der Waals surface area contributed by atoms with Crippen LogP contribution in [0.1, 0.15) is 54.9 Å². The summed E-state index contributed by atoms with van der Waals surface area (Å²) in [5, 5.41) is 2.20. The van der Waals surface area contributed by atoms with E-state index in [4.69, 9.17) is 0 Å². The molecule has 5 nitrogen and oxygen atoms in total. The van der Waals surface area contributed by atoms with Crippen molar-refractivity contribution in [3.63, 3.8) is 0 Å². The van der Waals surface area contributed by atoms with E-state index >= 15 is 0 Å². The topological polar surface area (TPSA) is 76.1 Å². The number of benzene rings is 1. The summed E-state index contributed by atoms with van der Waals surface area (Å²) in [6.07, 6.45) is 7.16. The number of hydrogen-bond acceptors (Lipinski definition) is 4. The molecule has 1 aromatic carbocycles. The number of nitrogens with one attached hydrogen (secondary N) is 1. The summed E-state index contributed by atoms with van der Waals surface area (Å²) in [5.74, 6) is -0.601. The molecule has 6 heteroatoms. The maximum absolute atomic E-state index is 10.9.